The summed E-state index contributed by atoms with van der Waals surface area (Å²) in [5, 5.41) is 9.54. The molecule has 0 aromatic heterocycles. The van der Waals surface area contributed by atoms with E-state index in [0.29, 0.717) is 12.5 Å². The summed E-state index contributed by atoms with van der Waals surface area (Å²) >= 11 is 0. The van der Waals surface area contributed by atoms with Crippen molar-refractivity contribution in [3.63, 3.8) is 0 Å². The van der Waals surface area contributed by atoms with Gasteiger partial charge >= 0.3 is 0 Å². The van der Waals surface area contributed by atoms with Crippen molar-refractivity contribution in [2.45, 2.75) is 57.4 Å². The van der Waals surface area contributed by atoms with Gasteiger partial charge in [-0.05, 0) is 45.4 Å². The molecule has 1 heterocycles. The molecule has 2 fully saturated rings. The second kappa shape index (κ2) is 4.74. The third-order valence-corrected chi connectivity index (χ3v) is 5.51. The van der Waals surface area contributed by atoms with Gasteiger partial charge in [0.05, 0.1) is 25.0 Å². The summed E-state index contributed by atoms with van der Waals surface area (Å²) in [6.45, 7) is 4.05. The molecule has 0 radical (unpaired) electrons. The minimum Gasteiger partial charge on any atom is -0.393 e. The van der Waals surface area contributed by atoms with E-state index >= 15 is 0 Å². The Kier molecular flexibility index (Phi) is 3.75. The quantitative estimate of drug-likeness (QED) is 0.815. The first-order valence-electron chi connectivity index (χ1n) is 6.53. The highest BCUT2D eigenvalue weighted by Gasteiger charge is 2.49. The highest BCUT2D eigenvalue weighted by molar-refractivity contribution is 7.88. The van der Waals surface area contributed by atoms with E-state index < -0.39 is 15.7 Å². The van der Waals surface area contributed by atoms with Gasteiger partial charge < -0.3 is 9.84 Å². The second-order valence-electron chi connectivity index (χ2n) is 5.95. The molecule has 1 atom stereocenters. The van der Waals surface area contributed by atoms with Gasteiger partial charge in [-0.15, -0.1) is 0 Å². The van der Waals surface area contributed by atoms with Gasteiger partial charge in [0.15, 0.2) is 0 Å². The highest BCUT2D eigenvalue weighted by atomic mass is 32.2. The van der Waals surface area contributed by atoms with Crippen LogP contribution in [0.4, 0.5) is 0 Å². The Labute approximate surface area is 109 Å². The predicted octanol–water partition coefficient (Wildman–Crippen LogP) is 0.934. The number of sulfonamides is 1. The molecule has 106 valence electrons. The molecule has 1 unspecified atom stereocenters. The summed E-state index contributed by atoms with van der Waals surface area (Å²) < 4.78 is 31.1. The van der Waals surface area contributed by atoms with E-state index in [1.165, 1.54) is 10.6 Å². The number of aliphatic hydroxyl groups excluding tert-OH is 1. The van der Waals surface area contributed by atoms with E-state index in [1.54, 1.807) is 13.8 Å². The van der Waals surface area contributed by atoms with Crippen LogP contribution >= 0.6 is 0 Å². The summed E-state index contributed by atoms with van der Waals surface area (Å²) in [5.74, 6) is 0.296. The standard InChI is InChI=1S/C12H23NO4S/c1-12(2)13(18(3,15)16)11(8-17-12)9-4-6-10(14)7-5-9/h9-11,14H,4-8H2,1-3H3. The van der Waals surface area contributed by atoms with Crippen LogP contribution in [0.15, 0.2) is 0 Å². The Morgan fingerprint density at radius 3 is 2.28 bits per heavy atom. The molecule has 6 heteroatoms. The topological polar surface area (TPSA) is 66.8 Å². The van der Waals surface area contributed by atoms with Gasteiger partial charge in [-0.25, -0.2) is 8.42 Å². The molecule has 1 saturated carbocycles. The molecule has 0 bridgehead atoms. The molecule has 0 amide bonds. The summed E-state index contributed by atoms with van der Waals surface area (Å²) in [6, 6.07) is -0.0810. The van der Waals surface area contributed by atoms with E-state index in [4.69, 9.17) is 4.74 Å². The summed E-state index contributed by atoms with van der Waals surface area (Å²) in [5.41, 5.74) is -0.756. The van der Waals surface area contributed by atoms with Gasteiger partial charge in [0, 0.05) is 0 Å². The smallest absolute Gasteiger partial charge is 0.213 e. The average molecular weight is 277 g/mol. The van der Waals surface area contributed by atoms with Gasteiger partial charge in [0.2, 0.25) is 10.0 Å². The first kappa shape index (κ1) is 14.2. The van der Waals surface area contributed by atoms with Crippen LogP contribution < -0.4 is 0 Å². The van der Waals surface area contributed by atoms with Crippen molar-refractivity contribution in [2.75, 3.05) is 12.9 Å². The third-order valence-electron chi connectivity index (χ3n) is 4.08. The molecule has 1 N–H and O–H groups in total. The molecule has 1 saturated heterocycles. The molecule has 18 heavy (non-hydrogen) atoms. The van der Waals surface area contributed by atoms with Gasteiger partial charge in [0.1, 0.15) is 5.72 Å². The van der Waals surface area contributed by atoms with Crippen molar-refractivity contribution >= 4 is 10.0 Å². The van der Waals surface area contributed by atoms with E-state index in [1.807, 2.05) is 0 Å². The van der Waals surface area contributed by atoms with Gasteiger partial charge in [-0.3, -0.25) is 0 Å². The zero-order valence-corrected chi connectivity index (χ0v) is 12.1. The fourth-order valence-electron chi connectivity index (χ4n) is 3.28. The lowest BCUT2D eigenvalue weighted by atomic mass is 9.83. The van der Waals surface area contributed by atoms with Crippen LogP contribution in [0, 0.1) is 5.92 Å². The zero-order valence-electron chi connectivity index (χ0n) is 11.3. The maximum Gasteiger partial charge on any atom is 0.213 e. The number of hydrogen-bond donors (Lipinski definition) is 1. The normalized spacial score (nSPS) is 37.9. The molecule has 5 nitrogen and oxygen atoms in total. The number of aliphatic hydroxyl groups is 1. The summed E-state index contributed by atoms with van der Waals surface area (Å²) in [6.07, 6.45) is 4.30. The number of hydrogen-bond acceptors (Lipinski definition) is 4. The maximum atomic E-state index is 12.0. The lowest BCUT2D eigenvalue weighted by Crippen LogP contribution is -2.50. The van der Waals surface area contributed by atoms with Crippen LogP contribution in [0.25, 0.3) is 0 Å². The summed E-state index contributed by atoms with van der Waals surface area (Å²) in [4.78, 5) is 0. The highest BCUT2D eigenvalue weighted by Crippen LogP contribution is 2.38. The van der Waals surface area contributed by atoms with Crippen LogP contribution in [-0.2, 0) is 14.8 Å². The van der Waals surface area contributed by atoms with Gasteiger partial charge in [-0.2, -0.15) is 4.31 Å². The molecule has 2 aliphatic rings. The number of nitrogens with zero attached hydrogens (tertiary/aromatic N) is 1. The van der Waals surface area contributed by atoms with Crippen LogP contribution in [0.5, 0.6) is 0 Å². The van der Waals surface area contributed by atoms with Gasteiger partial charge in [-0.1, -0.05) is 0 Å². The van der Waals surface area contributed by atoms with Crippen molar-refractivity contribution in [2.24, 2.45) is 5.92 Å². The van der Waals surface area contributed by atoms with E-state index in [-0.39, 0.29) is 12.1 Å². The molecular formula is C12H23NO4S. The third kappa shape index (κ3) is 2.71. The molecular weight excluding hydrogens is 254 g/mol. The molecule has 1 aliphatic carbocycles. The van der Waals surface area contributed by atoms with Crippen molar-refractivity contribution < 1.29 is 18.3 Å². The second-order valence-corrected chi connectivity index (χ2v) is 7.81. The first-order chi connectivity index (χ1) is 8.22. The van der Waals surface area contributed by atoms with Crippen molar-refractivity contribution in [1.82, 2.24) is 4.31 Å². The Morgan fingerprint density at radius 1 is 1.22 bits per heavy atom. The Morgan fingerprint density at radius 2 is 1.78 bits per heavy atom. The molecule has 0 spiro atoms. The van der Waals surface area contributed by atoms with E-state index in [9.17, 15) is 13.5 Å². The van der Waals surface area contributed by atoms with Crippen molar-refractivity contribution in [1.29, 1.82) is 0 Å². The minimum atomic E-state index is -3.28. The van der Waals surface area contributed by atoms with Crippen molar-refractivity contribution in [3.8, 4) is 0 Å². The number of ether oxygens (including phenoxy) is 1. The fraction of sp³-hybridized carbons (Fsp3) is 1.00. The van der Waals surface area contributed by atoms with Crippen LogP contribution in [0.1, 0.15) is 39.5 Å². The van der Waals surface area contributed by atoms with Gasteiger partial charge in [0.25, 0.3) is 0 Å². The molecule has 1 aliphatic heterocycles. The van der Waals surface area contributed by atoms with Crippen LogP contribution in [0.3, 0.4) is 0 Å². The maximum absolute atomic E-state index is 12.0. The Hall–Kier alpha value is -0.170. The largest absolute Gasteiger partial charge is 0.393 e. The SMILES string of the molecule is CC1(C)OCC(C2CCC(O)CC2)N1S(C)(=O)=O. The Balaban J connectivity index is 2.18. The fourth-order valence-corrected chi connectivity index (χ4v) is 4.86. The van der Waals surface area contributed by atoms with Crippen LogP contribution in [0.2, 0.25) is 0 Å². The summed E-state index contributed by atoms with van der Waals surface area (Å²) in [7, 11) is -3.28. The van der Waals surface area contributed by atoms with E-state index in [0.717, 1.165) is 25.7 Å². The van der Waals surface area contributed by atoms with Crippen molar-refractivity contribution in [3.05, 3.63) is 0 Å². The first-order valence-corrected chi connectivity index (χ1v) is 8.38. The predicted molar refractivity (Wildman–Crippen MR) is 68.5 cm³/mol. The average Bonchev–Trinajstić information content (AvgIpc) is 2.54. The van der Waals surface area contributed by atoms with Crippen LogP contribution in [-0.4, -0.2) is 48.6 Å². The molecule has 0 aromatic carbocycles. The monoisotopic (exact) mass is 277 g/mol. The number of rotatable bonds is 2. The Bertz CT molecular complexity index is 398. The zero-order chi connectivity index (χ0) is 13.6. The molecule has 0 aromatic rings. The lowest BCUT2D eigenvalue weighted by Gasteiger charge is -2.36. The lowest BCUT2D eigenvalue weighted by molar-refractivity contribution is -0.0165. The van der Waals surface area contributed by atoms with E-state index in [2.05, 4.69) is 0 Å². The molecule has 2 rings (SSSR count). The minimum absolute atomic E-state index is 0.0810.